The van der Waals surface area contributed by atoms with Crippen LogP contribution in [0.5, 0.6) is 0 Å². The first-order valence-electron chi connectivity index (χ1n) is 5.53. The Labute approximate surface area is 110 Å². The summed E-state index contributed by atoms with van der Waals surface area (Å²) in [5.74, 6) is 0. The van der Waals surface area contributed by atoms with Gasteiger partial charge in [0.15, 0.2) is 0 Å². The van der Waals surface area contributed by atoms with E-state index in [-0.39, 0.29) is 0 Å². The molecule has 0 bridgehead atoms. The van der Waals surface area contributed by atoms with Gasteiger partial charge in [-0.1, -0.05) is 18.5 Å². The number of hydrogen-bond acceptors (Lipinski definition) is 3. The smallest absolute Gasteiger partial charge is 0.0853 e. The summed E-state index contributed by atoms with van der Waals surface area (Å²) in [4.78, 5) is 0. The first-order chi connectivity index (χ1) is 8.13. The van der Waals surface area contributed by atoms with Gasteiger partial charge in [-0.05, 0) is 28.8 Å². The molecule has 17 heavy (non-hydrogen) atoms. The van der Waals surface area contributed by atoms with E-state index in [0.29, 0.717) is 11.4 Å². The van der Waals surface area contributed by atoms with Crippen LogP contribution in [0.4, 0.5) is 0 Å². The van der Waals surface area contributed by atoms with Crippen LogP contribution in [-0.2, 0) is 19.9 Å². The van der Waals surface area contributed by atoms with Crippen molar-refractivity contribution in [3.63, 3.8) is 0 Å². The molecule has 5 heteroatoms. The Hall–Kier alpha value is -0.840. The van der Waals surface area contributed by atoms with Gasteiger partial charge in [0.2, 0.25) is 0 Å². The highest BCUT2D eigenvalue weighted by Crippen LogP contribution is 2.27. The molecule has 1 unspecified atom stereocenters. The van der Waals surface area contributed by atoms with Crippen LogP contribution in [0.25, 0.3) is 0 Å². The van der Waals surface area contributed by atoms with Gasteiger partial charge < -0.3 is 5.11 Å². The van der Waals surface area contributed by atoms with Gasteiger partial charge in [0.25, 0.3) is 0 Å². The number of hydrogen-bond donors (Lipinski definition) is 1. The van der Waals surface area contributed by atoms with Crippen LogP contribution in [0.15, 0.2) is 16.8 Å². The third kappa shape index (κ3) is 2.54. The van der Waals surface area contributed by atoms with E-state index in [9.17, 15) is 5.11 Å². The summed E-state index contributed by atoms with van der Waals surface area (Å²) in [5, 5.41) is 19.0. The fourth-order valence-corrected chi connectivity index (χ4v) is 2.89. The number of aryl methyl sites for hydroxylation is 2. The maximum Gasteiger partial charge on any atom is 0.0853 e. The predicted octanol–water partition coefficient (Wildman–Crippen LogP) is 2.97. The average molecular weight is 271 g/mol. The van der Waals surface area contributed by atoms with Gasteiger partial charge in [0.05, 0.1) is 22.5 Å². The first-order valence-corrected chi connectivity index (χ1v) is 6.86. The molecular weight excluding hydrogens is 256 g/mol. The summed E-state index contributed by atoms with van der Waals surface area (Å²) in [7, 11) is 1.86. The highest BCUT2D eigenvalue weighted by atomic mass is 35.5. The molecule has 3 nitrogen and oxygen atoms in total. The largest absolute Gasteiger partial charge is 0.388 e. The lowest BCUT2D eigenvalue weighted by atomic mass is 10.1. The minimum atomic E-state index is -0.515. The molecule has 0 aliphatic rings. The van der Waals surface area contributed by atoms with Crippen LogP contribution in [0.3, 0.4) is 0 Å². The standard InChI is InChI=1S/C12H15ClN2OS/c1-3-9-12(13)10(15(2)14-9)6-11(16)8-4-5-17-7-8/h4-5,7,11,16H,3,6H2,1-2H3. The maximum atomic E-state index is 10.1. The summed E-state index contributed by atoms with van der Waals surface area (Å²) in [5.41, 5.74) is 2.72. The highest BCUT2D eigenvalue weighted by molar-refractivity contribution is 7.07. The average Bonchev–Trinajstić information content (AvgIpc) is 2.92. The molecule has 92 valence electrons. The molecule has 0 amide bonds. The number of aromatic nitrogens is 2. The van der Waals surface area contributed by atoms with Crippen molar-refractivity contribution in [3.8, 4) is 0 Å². The zero-order valence-electron chi connectivity index (χ0n) is 9.85. The molecule has 0 fully saturated rings. The lowest BCUT2D eigenvalue weighted by Crippen LogP contribution is -2.06. The van der Waals surface area contributed by atoms with Gasteiger partial charge in [-0.25, -0.2) is 0 Å². The molecule has 2 rings (SSSR count). The van der Waals surface area contributed by atoms with E-state index in [1.165, 1.54) is 0 Å². The van der Waals surface area contributed by atoms with Crippen molar-refractivity contribution in [2.45, 2.75) is 25.9 Å². The second-order valence-electron chi connectivity index (χ2n) is 3.96. The Morgan fingerprint density at radius 1 is 1.59 bits per heavy atom. The Morgan fingerprint density at radius 3 is 2.88 bits per heavy atom. The molecular formula is C12H15ClN2OS. The van der Waals surface area contributed by atoms with E-state index in [1.807, 2.05) is 30.8 Å². The lowest BCUT2D eigenvalue weighted by Gasteiger charge is -2.09. The minimum Gasteiger partial charge on any atom is -0.388 e. The van der Waals surface area contributed by atoms with Crippen molar-refractivity contribution in [3.05, 3.63) is 38.8 Å². The van der Waals surface area contributed by atoms with Crippen molar-refractivity contribution in [2.75, 3.05) is 0 Å². The maximum absolute atomic E-state index is 10.1. The van der Waals surface area contributed by atoms with Crippen molar-refractivity contribution < 1.29 is 5.11 Å². The van der Waals surface area contributed by atoms with Gasteiger partial charge in [-0.2, -0.15) is 16.4 Å². The molecule has 0 radical (unpaired) electrons. The fourth-order valence-electron chi connectivity index (χ4n) is 1.81. The van der Waals surface area contributed by atoms with Gasteiger partial charge in [0, 0.05) is 13.5 Å². The number of halogens is 1. The van der Waals surface area contributed by atoms with Crippen LogP contribution in [0.2, 0.25) is 5.02 Å². The molecule has 2 heterocycles. The van der Waals surface area contributed by atoms with E-state index < -0.39 is 6.10 Å². The molecule has 0 aliphatic heterocycles. The molecule has 2 aromatic rings. The Kier molecular flexibility index (Phi) is 3.86. The van der Waals surface area contributed by atoms with E-state index in [4.69, 9.17) is 11.6 Å². The van der Waals surface area contributed by atoms with Crippen LogP contribution in [0, 0.1) is 0 Å². The summed E-state index contributed by atoms with van der Waals surface area (Å²) in [6.07, 6.45) is 0.791. The molecule has 1 N–H and O–H groups in total. The molecule has 0 saturated carbocycles. The normalized spacial score (nSPS) is 12.9. The van der Waals surface area contributed by atoms with Crippen molar-refractivity contribution in [1.82, 2.24) is 9.78 Å². The van der Waals surface area contributed by atoms with Gasteiger partial charge in [-0.3, -0.25) is 4.68 Å². The van der Waals surface area contributed by atoms with Gasteiger partial charge in [0.1, 0.15) is 0 Å². The SMILES string of the molecule is CCc1nn(C)c(CC(O)c2ccsc2)c1Cl. The Morgan fingerprint density at radius 2 is 2.35 bits per heavy atom. The summed E-state index contributed by atoms with van der Waals surface area (Å²) in [6, 6.07) is 1.93. The zero-order valence-corrected chi connectivity index (χ0v) is 11.4. The summed E-state index contributed by atoms with van der Waals surface area (Å²) in [6.45, 7) is 2.02. The highest BCUT2D eigenvalue weighted by Gasteiger charge is 2.17. The monoisotopic (exact) mass is 270 g/mol. The zero-order chi connectivity index (χ0) is 12.4. The van der Waals surface area contributed by atoms with E-state index >= 15 is 0 Å². The van der Waals surface area contributed by atoms with Gasteiger partial charge >= 0.3 is 0 Å². The number of thiophene rings is 1. The number of aliphatic hydroxyl groups excluding tert-OH is 1. The number of nitrogens with zero attached hydrogens (tertiary/aromatic N) is 2. The third-order valence-corrected chi connectivity index (χ3v) is 3.96. The molecule has 0 saturated heterocycles. The van der Waals surface area contributed by atoms with Gasteiger partial charge in [-0.15, -0.1) is 0 Å². The second-order valence-corrected chi connectivity index (χ2v) is 5.12. The second kappa shape index (κ2) is 5.21. The predicted molar refractivity (Wildman–Crippen MR) is 70.6 cm³/mol. The number of aliphatic hydroxyl groups is 1. The topological polar surface area (TPSA) is 38.0 Å². The van der Waals surface area contributed by atoms with E-state index in [0.717, 1.165) is 23.4 Å². The van der Waals surface area contributed by atoms with Crippen LogP contribution in [0.1, 0.15) is 30.0 Å². The first kappa shape index (κ1) is 12.6. The fraction of sp³-hybridized carbons (Fsp3) is 0.417. The van der Waals surface area contributed by atoms with Crippen molar-refractivity contribution in [2.24, 2.45) is 7.05 Å². The molecule has 2 aromatic heterocycles. The van der Waals surface area contributed by atoms with Crippen LogP contribution >= 0.6 is 22.9 Å². The Balaban J connectivity index is 2.21. The number of rotatable bonds is 4. The summed E-state index contributed by atoms with van der Waals surface area (Å²) < 4.78 is 1.76. The van der Waals surface area contributed by atoms with E-state index in [2.05, 4.69) is 5.10 Å². The van der Waals surface area contributed by atoms with Crippen molar-refractivity contribution >= 4 is 22.9 Å². The molecule has 0 spiro atoms. The van der Waals surface area contributed by atoms with Crippen LogP contribution in [-0.4, -0.2) is 14.9 Å². The molecule has 1 atom stereocenters. The summed E-state index contributed by atoms with van der Waals surface area (Å²) >= 11 is 7.82. The third-order valence-electron chi connectivity index (χ3n) is 2.82. The van der Waals surface area contributed by atoms with Crippen molar-refractivity contribution in [1.29, 1.82) is 0 Å². The van der Waals surface area contributed by atoms with E-state index in [1.54, 1.807) is 16.0 Å². The minimum absolute atomic E-state index is 0.499. The molecule has 0 aliphatic carbocycles. The molecule has 0 aromatic carbocycles. The van der Waals surface area contributed by atoms with Crippen LogP contribution < -0.4 is 0 Å². The quantitative estimate of drug-likeness (QED) is 0.928. The lowest BCUT2D eigenvalue weighted by molar-refractivity contribution is 0.176. The Bertz CT molecular complexity index is 493.